The van der Waals surface area contributed by atoms with Crippen LogP contribution in [0.2, 0.25) is 0 Å². The fraction of sp³-hybridized carbons (Fsp3) is 0.348. The number of pyridine rings is 1. The Morgan fingerprint density at radius 2 is 2.07 bits per heavy atom. The SMILES string of the molecule is Cc1noc(C)c1CSc1ncccc1C(=O)Nc1cccc(OC2CCCC2)c1. The molecular formula is C23H25N3O3S. The number of anilines is 1. The van der Waals surface area contributed by atoms with Gasteiger partial charge >= 0.3 is 0 Å². The van der Waals surface area contributed by atoms with E-state index in [1.54, 1.807) is 18.3 Å². The summed E-state index contributed by atoms with van der Waals surface area (Å²) in [4.78, 5) is 17.4. The van der Waals surface area contributed by atoms with Crippen LogP contribution in [0.3, 0.4) is 0 Å². The Labute approximate surface area is 180 Å². The number of hydrogen-bond acceptors (Lipinski definition) is 6. The number of aryl methyl sites for hydroxylation is 2. The molecule has 6 nitrogen and oxygen atoms in total. The third-order valence-corrected chi connectivity index (χ3v) is 6.28. The van der Waals surface area contributed by atoms with Crippen LogP contribution < -0.4 is 10.1 Å². The van der Waals surface area contributed by atoms with Crippen LogP contribution in [0, 0.1) is 13.8 Å². The van der Waals surface area contributed by atoms with Crippen molar-refractivity contribution in [1.29, 1.82) is 0 Å². The van der Waals surface area contributed by atoms with Crippen molar-refractivity contribution in [3.8, 4) is 5.75 Å². The molecule has 156 valence electrons. The Bertz CT molecular complexity index is 1010. The summed E-state index contributed by atoms with van der Waals surface area (Å²) >= 11 is 1.50. The number of carbonyl (C=O) groups excluding carboxylic acids is 1. The molecule has 2 heterocycles. The van der Waals surface area contributed by atoms with Crippen molar-refractivity contribution in [3.05, 3.63) is 65.2 Å². The molecule has 1 fully saturated rings. The molecule has 1 aromatic carbocycles. The summed E-state index contributed by atoms with van der Waals surface area (Å²) < 4.78 is 11.3. The number of nitrogens with zero attached hydrogens (tertiary/aromatic N) is 2. The zero-order valence-corrected chi connectivity index (χ0v) is 18.0. The maximum absolute atomic E-state index is 12.9. The topological polar surface area (TPSA) is 77.2 Å². The van der Waals surface area contributed by atoms with Crippen molar-refractivity contribution in [2.45, 2.75) is 56.4 Å². The molecule has 1 saturated carbocycles. The van der Waals surface area contributed by atoms with Crippen molar-refractivity contribution in [3.63, 3.8) is 0 Å². The second-order valence-electron chi connectivity index (χ2n) is 7.45. The molecule has 0 saturated heterocycles. The first-order valence-corrected chi connectivity index (χ1v) is 11.2. The summed E-state index contributed by atoms with van der Waals surface area (Å²) in [6.45, 7) is 3.81. The van der Waals surface area contributed by atoms with Gasteiger partial charge in [0.1, 0.15) is 16.5 Å². The number of benzene rings is 1. The van der Waals surface area contributed by atoms with Gasteiger partial charge in [-0.25, -0.2) is 4.98 Å². The number of thioether (sulfide) groups is 1. The quantitative estimate of drug-likeness (QED) is 0.502. The Morgan fingerprint density at radius 3 is 2.83 bits per heavy atom. The Morgan fingerprint density at radius 1 is 1.23 bits per heavy atom. The molecule has 0 spiro atoms. The maximum atomic E-state index is 12.9. The first-order valence-electron chi connectivity index (χ1n) is 10.2. The van der Waals surface area contributed by atoms with Gasteiger partial charge in [0.15, 0.2) is 0 Å². The third-order valence-electron chi connectivity index (χ3n) is 5.25. The summed E-state index contributed by atoms with van der Waals surface area (Å²) in [5, 5.41) is 7.64. The molecule has 1 N–H and O–H groups in total. The number of aromatic nitrogens is 2. The number of hydrogen-bond donors (Lipinski definition) is 1. The van der Waals surface area contributed by atoms with Gasteiger partial charge in [0.2, 0.25) is 0 Å². The van der Waals surface area contributed by atoms with Crippen molar-refractivity contribution in [1.82, 2.24) is 10.1 Å². The van der Waals surface area contributed by atoms with Crippen LogP contribution >= 0.6 is 11.8 Å². The lowest BCUT2D eigenvalue weighted by Gasteiger charge is -2.14. The summed E-state index contributed by atoms with van der Waals surface area (Å²) in [5.41, 5.74) is 3.15. The van der Waals surface area contributed by atoms with Gasteiger partial charge < -0.3 is 14.6 Å². The summed E-state index contributed by atoms with van der Waals surface area (Å²) in [6, 6.07) is 11.1. The molecule has 3 aromatic rings. The van der Waals surface area contributed by atoms with Crippen LogP contribution in [0.15, 0.2) is 52.1 Å². The standard InChI is InChI=1S/C23H25N3O3S/c1-15-21(16(2)29-26-15)14-30-23-20(11-6-12-24-23)22(27)25-17-7-5-10-19(13-17)28-18-8-3-4-9-18/h5-7,10-13,18H,3-4,8-9,14H2,1-2H3,(H,25,27). The molecular weight excluding hydrogens is 398 g/mol. The zero-order valence-electron chi connectivity index (χ0n) is 17.2. The highest BCUT2D eigenvalue weighted by Gasteiger charge is 2.18. The van der Waals surface area contributed by atoms with E-state index in [4.69, 9.17) is 9.26 Å². The molecule has 0 unspecified atom stereocenters. The minimum Gasteiger partial charge on any atom is -0.490 e. The van der Waals surface area contributed by atoms with Gasteiger partial charge in [-0.1, -0.05) is 11.2 Å². The molecule has 0 aliphatic heterocycles. The lowest BCUT2D eigenvalue weighted by Crippen LogP contribution is -2.14. The molecule has 1 aliphatic rings. The summed E-state index contributed by atoms with van der Waals surface area (Å²) in [5.74, 6) is 2.03. The smallest absolute Gasteiger partial charge is 0.258 e. The molecule has 7 heteroatoms. The van der Waals surface area contributed by atoms with E-state index in [0.717, 1.165) is 35.6 Å². The monoisotopic (exact) mass is 423 g/mol. The number of carbonyl (C=O) groups is 1. The average molecular weight is 424 g/mol. The number of ether oxygens (including phenoxy) is 1. The second-order valence-corrected chi connectivity index (χ2v) is 8.42. The van der Waals surface area contributed by atoms with E-state index < -0.39 is 0 Å². The normalized spacial score (nSPS) is 14.1. The summed E-state index contributed by atoms with van der Waals surface area (Å²) in [6.07, 6.45) is 6.60. The van der Waals surface area contributed by atoms with Crippen LogP contribution in [0.1, 0.15) is 53.1 Å². The molecule has 1 aliphatic carbocycles. The van der Waals surface area contributed by atoms with Crippen molar-refractivity contribution >= 4 is 23.4 Å². The molecule has 4 rings (SSSR count). The zero-order chi connectivity index (χ0) is 20.9. The van der Waals surface area contributed by atoms with Gasteiger partial charge in [0, 0.05) is 29.3 Å². The van der Waals surface area contributed by atoms with E-state index >= 15 is 0 Å². The maximum Gasteiger partial charge on any atom is 0.258 e. The van der Waals surface area contributed by atoms with Crippen LogP contribution in [-0.2, 0) is 5.75 Å². The van der Waals surface area contributed by atoms with E-state index in [-0.39, 0.29) is 12.0 Å². The van der Waals surface area contributed by atoms with Gasteiger partial charge in [-0.05, 0) is 63.8 Å². The van der Waals surface area contributed by atoms with Crippen LogP contribution in [0.5, 0.6) is 5.75 Å². The van der Waals surface area contributed by atoms with Crippen molar-refractivity contribution < 1.29 is 14.1 Å². The van der Waals surface area contributed by atoms with E-state index in [9.17, 15) is 4.79 Å². The molecule has 0 atom stereocenters. The second kappa shape index (κ2) is 9.34. The lowest BCUT2D eigenvalue weighted by atomic mass is 10.2. The first-order chi connectivity index (χ1) is 14.6. The molecule has 0 bridgehead atoms. The number of amides is 1. The molecule has 0 radical (unpaired) electrons. The van der Waals surface area contributed by atoms with E-state index in [0.29, 0.717) is 22.0 Å². The minimum absolute atomic E-state index is 0.192. The van der Waals surface area contributed by atoms with E-state index in [2.05, 4.69) is 15.5 Å². The van der Waals surface area contributed by atoms with Crippen LogP contribution in [0.25, 0.3) is 0 Å². The van der Waals surface area contributed by atoms with Crippen LogP contribution in [0.4, 0.5) is 5.69 Å². The highest BCUT2D eigenvalue weighted by molar-refractivity contribution is 7.98. The Hall–Kier alpha value is -2.80. The third kappa shape index (κ3) is 4.84. The van der Waals surface area contributed by atoms with Gasteiger partial charge in [-0.2, -0.15) is 0 Å². The highest BCUT2D eigenvalue weighted by Crippen LogP contribution is 2.29. The van der Waals surface area contributed by atoms with Crippen LogP contribution in [-0.4, -0.2) is 22.2 Å². The molecule has 1 amide bonds. The van der Waals surface area contributed by atoms with Crippen molar-refractivity contribution in [2.24, 2.45) is 0 Å². The van der Waals surface area contributed by atoms with Gasteiger partial charge in [0.25, 0.3) is 5.91 Å². The first kappa shape index (κ1) is 20.5. The summed E-state index contributed by atoms with van der Waals surface area (Å²) in [7, 11) is 0. The predicted octanol–water partition coefficient (Wildman–Crippen LogP) is 5.55. The molecule has 2 aromatic heterocycles. The fourth-order valence-corrected chi connectivity index (χ4v) is 4.72. The minimum atomic E-state index is -0.192. The highest BCUT2D eigenvalue weighted by atomic mass is 32.2. The Kier molecular flexibility index (Phi) is 6.38. The van der Waals surface area contributed by atoms with Gasteiger partial charge in [-0.15, -0.1) is 11.8 Å². The largest absolute Gasteiger partial charge is 0.490 e. The number of nitrogens with one attached hydrogen (secondary N) is 1. The van der Waals surface area contributed by atoms with Crippen molar-refractivity contribution in [2.75, 3.05) is 5.32 Å². The number of rotatable bonds is 7. The predicted molar refractivity (Wildman–Crippen MR) is 117 cm³/mol. The van der Waals surface area contributed by atoms with Gasteiger partial charge in [-0.3, -0.25) is 4.79 Å². The van der Waals surface area contributed by atoms with Gasteiger partial charge in [0.05, 0.1) is 17.4 Å². The average Bonchev–Trinajstić information content (AvgIpc) is 3.37. The van der Waals surface area contributed by atoms with E-state index in [1.165, 1.54) is 24.6 Å². The molecule has 30 heavy (non-hydrogen) atoms. The Balaban J connectivity index is 1.45. The lowest BCUT2D eigenvalue weighted by molar-refractivity contribution is 0.102. The van der Waals surface area contributed by atoms with E-state index in [1.807, 2.05) is 38.1 Å². The fourth-order valence-electron chi connectivity index (χ4n) is 3.57.